The first kappa shape index (κ1) is 49.7. The summed E-state index contributed by atoms with van der Waals surface area (Å²) in [6.45, 7) is 7.94. The van der Waals surface area contributed by atoms with Gasteiger partial charge < -0.3 is 56.8 Å². The summed E-state index contributed by atoms with van der Waals surface area (Å²) in [4.78, 5) is 96.9. The predicted octanol–water partition coefficient (Wildman–Crippen LogP) is 2.06. The SMILES string of the molecule is CC(=O)OC[C@@H]1O[C@@H](Oc2ccccc2/C=N/N=C\c2ccccc2O[C@H]2O[C@H](COC(C)=O)[C@H](OC(C)=O)[C@H](OC(C)=O)[C@H]2OC(C)=O)[C@@H](OC(C)=O)[C@H](OC(C)=O)[C@@H]1OC(C)=O. The van der Waals surface area contributed by atoms with E-state index in [4.69, 9.17) is 56.8 Å². The van der Waals surface area contributed by atoms with E-state index in [0.717, 1.165) is 55.4 Å². The number of hydrogen-bond donors (Lipinski definition) is 0. The molecule has 2 fully saturated rings. The van der Waals surface area contributed by atoms with Crippen molar-refractivity contribution in [2.24, 2.45) is 10.2 Å². The van der Waals surface area contributed by atoms with Gasteiger partial charge in [0.25, 0.3) is 0 Å². The van der Waals surface area contributed by atoms with Crippen LogP contribution in [0.2, 0.25) is 0 Å². The van der Waals surface area contributed by atoms with Crippen LogP contribution < -0.4 is 9.47 Å². The van der Waals surface area contributed by atoms with Crippen LogP contribution in [0.4, 0.5) is 0 Å². The van der Waals surface area contributed by atoms with Gasteiger partial charge in [-0.1, -0.05) is 24.3 Å². The Kier molecular flexibility index (Phi) is 18.2. The van der Waals surface area contributed by atoms with E-state index in [0.29, 0.717) is 11.1 Å². The van der Waals surface area contributed by atoms with Crippen molar-refractivity contribution in [1.82, 2.24) is 0 Å². The molecule has 346 valence electrons. The zero-order valence-corrected chi connectivity index (χ0v) is 36.0. The lowest BCUT2D eigenvalue weighted by Crippen LogP contribution is -2.63. The van der Waals surface area contributed by atoms with Gasteiger partial charge in [0, 0.05) is 66.5 Å². The van der Waals surface area contributed by atoms with Crippen LogP contribution in [-0.2, 0) is 85.7 Å². The van der Waals surface area contributed by atoms with E-state index < -0.39 is 122 Å². The third kappa shape index (κ3) is 14.9. The largest absolute Gasteiger partial charge is 0.463 e. The van der Waals surface area contributed by atoms with E-state index in [-0.39, 0.29) is 11.5 Å². The van der Waals surface area contributed by atoms with Crippen molar-refractivity contribution >= 4 is 60.2 Å². The molecule has 4 rings (SSSR count). The molecule has 0 aliphatic carbocycles. The third-order valence-corrected chi connectivity index (χ3v) is 8.68. The number of para-hydroxylation sites is 2. The molecule has 0 saturated carbocycles. The second-order valence-electron chi connectivity index (χ2n) is 13.9. The Bertz CT molecular complexity index is 1940. The van der Waals surface area contributed by atoms with E-state index in [1.807, 2.05) is 0 Å². The second-order valence-corrected chi connectivity index (χ2v) is 13.9. The lowest BCUT2D eigenvalue weighted by atomic mass is 9.98. The Morgan fingerprint density at radius 2 is 0.734 bits per heavy atom. The van der Waals surface area contributed by atoms with Crippen molar-refractivity contribution in [3.63, 3.8) is 0 Å². The lowest BCUT2D eigenvalue weighted by Gasteiger charge is -2.44. The van der Waals surface area contributed by atoms with Crippen LogP contribution in [0.25, 0.3) is 0 Å². The van der Waals surface area contributed by atoms with E-state index in [9.17, 15) is 38.4 Å². The molecule has 22 nitrogen and oxygen atoms in total. The molecule has 64 heavy (non-hydrogen) atoms. The lowest BCUT2D eigenvalue weighted by molar-refractivity contribution is -0.288. The van der Waals surface area contributed by atoms with Gasteiger partial charge in [-0.25, -0.2) is 0 Å². The minimum atomic E-state index is -1.53. The number of carbonyl (C=O) groups excluding carboxylic acids is 8. The fraction of sp³-hybridized carbons (Fsp3) is 0.476. The van der Waals surface area contributed by atoms with Gasteiger partial charge in [0.15, 0.2) is 24.4 Å². The first-order valence-electron chi connectivity index (χ1n) is 19.5. The van der Waals surface area contributed by atoms with E-state index in [1.165, 1.54) is 24.6 Å². The summed E-state index contributed by atoms with van der Waals surface area (Å²) < 4.78 is 67.5. The smallest absolute Gasteiger partial charge is 0.303 e. The van der Waals surface area contributed by atoms with Gasteiger partial charge in [0.2, 0.25) is 24.8 Å². The summed E-state index contributed by atoms with van der Waals surface area (Å²) in [7, 11) is 0. The van der Waals surface area contributed by atoms with E-state index in [2.05, 4.69) is 10.2 Å². The maximum absolute atomic E-state index is 12.3. The van der Waals surface area contributed by atoms with Crippen molar-refractivity contribution in [1.29, 1.82) is 0 Å². The highest BCUT2D eigenvalue weighted by Crippen LogP contribution is 2.33. The Balaban J connectivity index is 1.64. The summed E-state index contributed by atoms with van der Waals surface area (Å²) in [6, 6.07) is 12.8. The highest BCUT2D eigenvalue weighted by molar-refractivity contribution is 5.86. The number of rotatable bonds is 17. The molecular weight excluding hydrogens is 852 g/mol. The first-order valence-corrected chi connectivity index (χ1v) is 19.5. The summed E-state index contributed by atoms with van der Waals surface area (Å²) in [6.07, 6.45) is -11.7. The molecule has 22 heteroatoms. The van der Waals surface area contributed by atoms with Gasteiger partial charge in [-0.2, -0.15) is 10.2 Å². The predicted molar refractivity (Wildman–Crippen MR) is 213 cm³/mol. The minimum Gasteiger partial charge on any atom is -0.463 e. The molecule has 0 unspecified atom stereocenters. The number of carbonyl (C=O) groups is 8. The zero-order chi connectivity index (χ0) is 47.1. The number of esters is 8. The topological polar surface area (TPSA) is 272 Å². The molecule has 0 bridgehead atoms. The van der Waals surface area contributed by atoms with Gasteiger partial charge >= 0.3 is 47.8 Å². The maximum Gasteiger partial charge on any atom is 0.303 e. The van der Waals surface area contributed by atoms with Crippen molar-refractivity contribution in [3.8, 4) is 11.5 Å². The fourth-order valence-corrected chi connectivity index (χ4v) is 6.40. The van der Waals surface area contributed by atoms with Crippen LogP contribution in [0.5, 0.6) is 11.5 Å². The highest BCUT2D eigenvalue weighted by atomic mass is 16.7. The molecule has 10 atom stereocenters. The van der Waals surface area contributed by atoms with Crippen LogP contribution in [0.1, 0.15) is 66.5 Å². The summed E-state index contributed by atoms with van der Waals surface area (Å²) >= 11 is 0. The van der Waals surface area contributed by atoms with Crippen molar-refractivity contribution in [3.05, 3.63) is 59.7 Å². The fourth-order valence-electron chi connectivity index (χ4n) is 6.40. The minimum absolute atomic E-state index is 0.106. The average Bonchev–Trinajstić information content (AvgIpc) is 3.19. The number of benzene rings is 2. The molecule has 2 aromatic rings. The molecule has 2 saturated heterocycles. The van der Waals surface area contributed by atoms with Crippen LogP contribution >= 0.6 is 0 Å². The van der Waals surface area contributed by atoms with Crippen molar-refractivity contribution in [2.75, 3.05) is 13.2 Å². The Labute approximate surface area is 366 Å². The number of hydrogen-bond acceptors (Lipinski definition) is 22. The Morgan fingerprint density at radius 3 is 1.05 bits per heavy atom. The van der Waals surface area contributed by atoms with E-state index in [1.54, 1.807) is 36.4 Å². The van der Waals surface area contributed by atoms with Gasteiger partial charge in [-0.3, -0.25) is 38.4 Å². The molecule has 2 aliphatic heterocycles. The molecule has 0 N–H and O–H groups in total. The maximum atomic E-state index is 12.3. The molecule has 0 aromatic heterocycles. The Morgan fingerprint density at radius 1 is 0.438 bits per heavy atom. The number of ether oxygens (including phenoxy) is 12. The van der Waals surface area contributed by atoms with Crippen LogP contribution in [0.3, 0.4) is 0 Å². The van der Waals surface area contributed by atoms with Crippen LogP contribution in [0.15, 0.2) is 58.7 Å². The van der Waals surface area contributed by atoms with Gasteiger partial charge in [0.1, 0.15) is 36.9 Å². The molecule has 2 aromatic carbocycles. The first-order chi connectivity index (χ1) is 30.3. The van der Waals surface area contributed by atoms with Gasteiger partial charge in [-0.05, 0) is 24.3 Å². The average molecular weight is 901 g/mol. The van der Waals surface area contributed by atoms with Gasteiger partial charge in [0.05, 0.1) is 12.4 Å². The zero-order valence-electron chi connectivity index (χ0n) is 36.0. The molecule has 2 heterocycles. The Hall–Kier alpha value is -6.94. The van der Waals surface area contributed by atoms with Crippen LogP contribution in [0, 0.1) is 0 Å². The second kappa shape index (κ2) is 23.5. The van der Waals surface area contributed by atoms with Crippen LogP contribution in [-0.4, -0.2) is 135 Å². The molecular formula is C42H48N2O20. The highest BCUT2D eigenvalue weighted by Gasteiger charge is 2.55. The number of nitrogens with zero attached hydrogens (tertiary/aromatic N) is 2. The summed E-state index contributed by atoms with van der Waals surface area (Å²) in [5.74, 6) is -6.03. The van der Waals surface area contributed by atoms with E-state index >= 15 is 0 Å². The molecule has 0 amide bonds. The summed E-state index contributed by atoms with van der Waals surface area (Å²) in [5, 5.41) is 8.28. The monoisotopic (exact) mass is 900 g/mol. The quantitative estimate of drug-likeness (QED) is 0.0951. The summed E-state index contributed by atoms with van der Waals surface area (Å²) in [5.41, 5.74) is 0.629. The molecule has 0 radical (unpaired) electrons. The third-order valence-electron chi connectivity index (χ3n) is 8.68. The molecule has 2 aliphatic rings. The van der Waals surface area contributed by atoms with Crippen molar-refractivity contribution < 1.29 is 95.2 Å². The standard InChI is InChI=1S/C42H48N2O20/c1-21(45)53-19-33-35(55-23(3)47)37(57-25(5)49)39(59-27(7)51)41(63-33)61-31-15-11-9-13-29(31)17-43-44-18-30-14-10-12-16-32(30)62-42-40(60-28(8)52)38(58-26(6)50)36(56-24(4)48)34(64-42)20-54-22(2)46/h9-18,33-42H,19-20H2,1-8H3/b43-17-,44-18+/t33-,34+,35+,36-,37+,38-,39-,40+,41+,42-/m1/s1. The van der Waals surface area contributed by atoms with Gasteiger partial charge in [-0.15, -0.1) is 0 Å². The van der Waals surface area contributed by atoms with Crippen molar-refractivity contribution in [2.45, 2.75) is 117 Å². The normalized spacial score (nSPS) is 25.2. The molecule has 0 spiro atoms.